The first-order valence-corrected chi connectivity index (χ1v) is 7.53. The SMILES string of the molecule is COc1cccc(C=Nc2cc(Cl)ccc2C)c1OC(C)C. The molecule has 22 heavy (non-hydrogen) atoms. The van der Waals surface area contributed by atoms with E-state index in [1.807, 2.05) is 57.2 Å². The number of halogens is 1. The van der Waals surface area contributed by atoms with Crippen LogP contribution in [0.3, 0.4) is 0 Å². The summed E-state index contributed by atoms with van der Waals surface area (Å²) in [5.74, 6) is 1.39. The Morgan fingerprint density at radius 1 is 1.18 bits per heavy atom. The molecular formula is C18H20ClNO2. The fourth-order valence-corrected chi connectivity index (χ4v) is 2.18. The molecule has 0 heterocycles. The van der Waals surface area contributed by atoms with Crippen molar-refractivity contribution in [2.75, 3.05) is 7.11 Å². The van der Waals surface area contributed by atoms with Crippen molar-refractivity contribution in [3.8, 4) is 11.5 Å². The molecule has 3 nitrogen and oxygen atoms in total. The number of ether oxygens (including phenoxy) is 2. The van der Waals surface area contributed by atoms with Crippen molar-refractivity contribution in [3.63, 3.8) is 0 Å². The summed E-state index contributed by atoms with van der Waals surface area (Å²) in [4.78, 5) is 4.54. The van der Waals surface area contributed by atoms with Gasteiger partial charge in [-0.05, 0) is 50.6 Å². The third kappa shape index (κ3) is 4.01. The Balaban J connectivity index is 2.40. The molecule has 116 valence electrons. The van der Waals surface area contributed by atoms with Crippen LogP contribution in [0.1, 0.15) is 25.0 Å². The van der Waals surface area contributed by atoms with Gasteiger partial charge in [0, 0.05) is 16.8 Å². The Labute approximate surface area is 136 Å². The zero-order valence-electron chi connectivity index (χ0n) is 13.3. The molecule has 0 N–H and O–H groups in total. The number of rotatable bonds is 5. The van der Waals surface area contributed by atoms with Crippen molar-refractivity contribution in [1.82, 2.24) is 0 Å². The fraction of sp³-hybridized carbons (Fsp3) is 0.278. The van der Waals surface area contributed by atoms with Crippen LogP contribution in [-0.2, 0) is 0 Å². The lowest BCUT2D eigenvalue weighted by molar-refractivity contribution is 0.230. The summed E-state index contributed by atoms with van der Waals surface area (Å²) >= 11 is 6.03. The zero-order chi connectivity index (χ0) is 16.1. The molecule has 0 radical (unpaired) electrons. The van der Waals surface area contributed by atoms with Gasteiger partial charge in [0.1, 0.15) is 0 Å². The second kappa shape index (κ2) is 7.32. The van der Waals surface area contributed by atoms with E-state index >= 15 is 0 Å². The van der Waals surface area contributed by atoms with Gasteiger partial charge in [-0.25, -0.2) is 0 Å². The first kappa shape index (κ1) is 16.4. The normalized spacial score (nSPS) is 11.2. The Hall–Kier alpha value is -2.00. The predicted octanol–water partition coefficient (Wildman–Crippen LogP) is 5.19. The summed E-state index contributed by atoms with van der Waals surface area (Å²) in [6.45, 7) is 5.96. The van der Waals surface area contributed by atoms with E-state index in [1.54, 1.807) is 13.3 Å². The number of benzene rings is 2. The van der Waals surface area contributed by atoms with Crippen LogP contribution < -0.4 is 9.47 Å². The lowest BCUT2D eigenvalue weighted by Gasteiger charge is -2.15. The first-order valence-electron chi connectivity index (χ1n) is 7.15. The highest BCUT2D eigenvalue weighted by Crippen LogP contribution is 2.31. The van der Waals surface area contributed by atoms with E-state index in [0.29, 0.717) is 16.5 Å². The number of nitrogens with zero attached hydrogens (tertiary/aromatic N) is 1. The van der Waals surface area contributed by atoms with E-state index in [2.05, 4.69) is 4.99 Å². The lowest BCUT2D eigenvalue weighted by atomic mass is 10.2. The third-order valence-corrected chi connectivity index (χ3v) is 3.33. The lowest BCUT2D eigenvalue weighted by Crippen LogP contribution is -2.08. The quantitative estimate of drug-likeness (QED) is 0.710. The molecule has 0 aliphatic rings. The molecule has 0 saturated heterocycles. The van der Waals surface area contributed by atoms with Crippen LogP contribution >= 0.6 is 11.6 Å². The van der Waals surface area contributed by atoms with Crippen LogP contribution in [0, 0.1) is 6.92 Å². The van der Waals surface area contributed by atoms with E-state index in [4.69, 9.17) is 21.1 Å². The molecule has 2 aromatic rings. The second-order valence-electron chi connectivity index (χ2n) is 5.23. The van der Waals surface area contributed by atoms with Crippen LogP contribution in [0.15, 0.2) is 41.4 Å². The molecule has 0 fully saturated rings. The van der Waals surface area contributed by atoms with Crippen molar-refractivity contribution >= 4 is 23.5 Å². The molecule has 0 atom stereocenters. The summed E-state index contributed by atoms with van der Waals surface area (Å²) < 4.78 is 11.2. The maximum Gasteiger partial charge on any atom is 0.170 e. The van der Waals surface area contributed by atoms with Crippen LogP contribution in [0.2, 0.25) is 5.02 Å². The zero-order valence-corrected chi connectivity index (χ0v) is 14.0. The van der Waals surface area contributed by atoms with E-state index in [9.17, 15) is 0 Å². The van der Waals surface area contributed by atoms with Crippen LogP contribution in [0.25, 0.3) is 0 Å². The largest absolute Gasteiger partial charge is 0.493 e. The molecular weight excluding hydrogens is 298 g/mol. The molecule has 0 unspecified atom stereocenters. The number of hydrogen-bond acceptors (Lipinski definition) is 3. The molecule has 2 rings (SSSR count). The van der Waals surface area contributed by atoms with E-state index < -0.39 is 0 Å². The molecule has 2 aromatic carbocycles. The highest BCUT2D eigenvalue weighted by Gasteiger charge is 2.11. The Morgan fingerprint density at radius 3 is 2.64 bits per heavy atom. The highest BCUT2D eigenvalue weighted by atomic mass is 35.5. The minimum absolute atomic E-state index is 0.0522. The van der Waals surface area contributed by atoms with E-state index in [-0.39, 0.29) is 6.10 Å². The summed E-state index contributed by atoms with van der Waals surface area (Å²) in [6.07, 6.45) is 1.83. The molecule has 0 amide bonds. The molecule has 0 saturated carbocycles. The van der Waals surface area contributed by atoms with Gasteiger partial charge in [0.25, 0.3) is 0 Å². The average molecular weight is 318 g/mol. The Morgan fingerprint density at radius 2 is 1.95 bits per heavy atom. The molecule has 0 aromatic heterocycles. The fourth-order valence-electron chi connectivity index (χ4n) is 2.02. The Kier molecular flexibility index (Phi) is 5.45. The second-order valence-corrected chi connectivity index (χ2v) is 5.67. The van der Waals surface area contributed by atoms with Gasteiger partial charge < -0.3 is 9.47 Å². The van der Waals surface area contributed by atoms with Crippen molar-refractivity contribution in [3.05, 3.63) is 52.5 Å². The van der Waals surface area contributed by atoms with Crippen LogP contribution in [0.5, 0.6) is 11.5 Å². The summed E-state index contributed by atoms with van der Waals surface area (Å²) in [5.41, 5.74) is 2.77. The Bertz CT molecular complexity index is 681. The molecule has 4 heteroatoms. The van der Waals surface area contributed by atoms with E-state index in [0.717, 1.165) is 16.8 Å². The summed E-state index contributed by atoms with van der Waals surface area (Å²) in [6, 6.07) is 11.4. The third-order valence-electron chi connectivity index (χ3n) is 3.10. The minimum atomic E-state index is 0.0522. The maximum atomic E-state index is 6.03. The number of aliphatic imine (C=N–C) groups is 1. The first-order chi connectivity index (χ1) is 10.5. The number of aryl methyl sites for hydroxylation is 1. The van der Waals surface area contributed by atoms with Crippen LogP contribution in [0.4, 0.5) is 5.69 Å². The van der Waals surface area contributed by atoms with Gasteiger partial charge in [0.2, 0.25) is 0 Å². The summed E-state index contributed by atoms with van der Waals surface area (Å²) in [7, 11) is 1.63. The van der Waals surface area contributed by atoms with Gasteiger partial charge >= 0.3 is 0 Å². The number of methoxy groups -OCH3 is 1. The van der Waals surface area contributed by atoms with Gasteiger partial charge in [-0.1, -0.05) is 23.7 Å². The minimum Gasteiger partial charge on any atom is -0.493 e. The molecule has 0 aliphatic heterocycles. The number of hydrogen-bond donors (Lipinski definition) is 0. The van der Waals surface area contributed by atoms with Crippen molar-refractivity contribution in [1.29, 1.82) is 0 Å². The standard InChI is InChI=1S/C18H20ClNO2/c1-12(2)22-18-14(6-5-7-17(18)21-4)11-20-16-10-15(19)9-8-13(16)3/h5-12H,1-4H3. The van der Waals surface area contributed by atoms with Gasteiger partial charge in [0.15, 0.2) is 11.5 Å². The van der Waals surface area contributed by atoms with E-state index in [1.165, 1.54) is 0 Å². The van der Waals surface area contributed by atoms with Crippen LogP contribution in [-0.4, -0.2) is 19.4 Å². The number of para-hydroxylation sites is 1. The van der Waals surface area contributed by atoms with Gasteiger partial charge in [0.05, 0.1) is 18.9 Å². The molecule has 0 spiro atoms. The van der Waals surface area contributed by atoms with Crippen molar-refractivity contribution in [2.24, 2.45) is 4.99 Å². The monoisotopic (exact) mass is 317 g/mol. The molecule has 0 aliphatic carbocycles. The highest BCUT2D eigenvalue weighted by molar-refractivity contribution is 6.30. The average Bonchev–Trinajstić information content (AvgIpc) is 2.48. The van der Waals surface area contributed by atoms with Gasteiger partial charge in [-0.15, -0.1) is 0 Å². The predicted molar refractivity (Wildman–Crippen MR) is 92.2 cm³/mol. The van der Waals surface area contributed by atoms with Gasteiger partial charge in [-0.3, -0.25) is 4.99 Å². The summed E-state index contributed by atoms with van der Waals surface area (Å²) in [5, 5.41) is 0.669. The smallest absolute Gasteiger partial charge is 0.170 e. The topological polar surface area (TPSA) is 30.8 Å². The van der Waals surface area contributed by atoms with Crippen molar-refractivity contribution < 1.29 is 9.47 Å². The maximum absolute atomic E-state index is 6.03. The van der Waals surface area contributed by atoms with Crippen molar-refractivity contribution in [2.45, 2.75) is 26.9 Å². The van der Waals surface area contributed by atoms with Gasteiger partial charge in [-0.2, -0.15) is 0 Å². The molecule has 0 bridgehead atoms.